The van der Waals surface area contributed by atoms with Crippen molar-refractivity contribution in [2.24, 2.45) is 0 Å². The first-order valence-electron chi connectivity index (χ1n) is 0. The number of hydrogen-bond acceptors (Lipinski definition) is 0. The zero-order chi connectivity index (χ0) is 0. The fourth-order valence-corrected chi connectivity index (χ4v) is 0. The maximum atomic E-state index is 0. The third-order valence-electron chi connectivity index (χ3n) is 0. The molecule has 0 radical (unpaired) electrons. The average Bonchev–Trinajstić information content (AvgIpc) is 0. The summed E-state index contributed by atoms with van der Waals surface area (Å²) in [5.74, 6) is 0. The van der Waals surface area contributed by atoms with Crippen LogP contribution in [0.5, 0.6) is 0 Å². The Labute approximate surface area is 56.2 Å². The lowest BCUT2D eigenvalue weighted by atomic mass is 16.0. The maximum Gasteiger partial charge on any atom is -0.412 e. The van der Waals surface area contributed by atoms with E-state index in [2.05, 4.69) is 0 Å². The zero-order valence-corrected chi connectivity index (χ0v) is 5.08. The topological polar surface area (TPSA) is 316 Å². The standard InChI is InChI=1S/10H2O/h10*1H2/p+1. The van der Waals surface area contributed by atoms with E-state index in [1.165, 1.54) is 0 Å². The monoisotopic (exact) mass is 181 g/mol. The molecule has 0 aliphatic rings. The summed E-state index contributed by atoms with van der Waals surface area (Å²) in [6.07, 6.45) is 0. The van der Waals surface area contributed by atoms with Gasteiger partial charge in [0.25, 0.3) is 0 Å². The second-order valence-electron chi connectivity index (χ2n) is 0. The van der Waals surface area contributed by atoms with Gasteiger partial charge in [-0.1, -0.05) is 0 Å². The van der Waals surface area contributed by atoms with Crippen LogP contribution in [0.25, 0.3) is 0 Å². The SMILES string of the molecule is O.O.O.O.O.O.O.O.O.[OH3+]. The fourth-order valence-electron chi connectivity index (χ4n) is 0. The van der Waals surface area contributed by atoms with Crippen LogP contribution in [0.4, 0.5) is 0 Å². The predicted octanol–water partition coefficient (Wildman–Crippen LogP) is -8.34. The molecule has 0 aromatic carbocycles. The average molecular weight is 181 g/mol. The second kappa shape index (κ2) is 3100. The smallest absolute Gasteiger partial charge is 0.412 e. The van der Waals surface area contributed by atoms with E-state index >= 15 is 0 Å². The van der Waals surface area contributed by atoms with Gasteiger partial charge >= 0.3 is 0 Å². The molecule has 0 aliphatic heterocycles. The van der Waals surface area contributed by atoms with Gasteiger partial charge in [-0.3, -0.25) is 0 Å². The Bertz CT molecular complexity index is 0. The first-order valence-corrected chi connectivity index (χ1v) is 0. The van der Waals surface area contributed by atoms with Crippen LogP contribution in [-0.2, 0) is 5.48 Å². The summed E-state index contributed by atoms with van der Waals surface area (Å²) < 4.78 is 0. The minimum atomic E-state index is 0. The van der Waals surface area contributed by atoms with Crippen molar-refractivity contribution in [3.8, 4) is 0 Å². The molecule has 0 bridgehead atoms. The van der Waals surface area contributed by atoms with Crippen LogP contribution >= 0.6 is 0 Å². The molecule has 10 heavy (non-hydrogen) atoms. The molecule has 0 aromatic heterocycles. The van der Waals surface area contributed by atoms with Crippen LogP contribution in [0.15, 0.2) is 0 Å². The molecule has 0 atom stereocenters. The molecule has 0 heterocycles. The Morgan fingerprint density at radius 3 is 0.200 bits per heavy atom. The molecule has 0 unspecified atom stereocenters. The van der Waals surface area contributed by atoms with Crippen molar-refractivity contribution in [1.29, 1.82) is 0 Å². The molecule has 10 heteroatoms. The van der Waals surface area contributed by atoms with Gasteiger partial charge in [0.05, 0.1) is 0 Å². The largest absolute Gasteiger partial charge is 0.457 e. The van der Waals surface area contributed by atoms with Gasteiger partial charge in [0.1, 0.15) is 0 Å². The lowest BCUT2D eigenvalue weighted by Crippen LogP contribution is -0.290. The fraction of sp³-hybridized carbons (Fsp3) is 0. The van der Waals surface area contributed by atoms with E-state index in [1.807, 2.05) is 0 Å². The Kier molecular flexibility index (Phi) is 1380000. The van der Waals surface area contributed by atoms with Crippen molar-refractivity contribution >= 4 is 0 Å². The molecule has 0 fully saturated rings. The van der Waals surface area contributed by atoms with E-state index in [4.69, 9.17) is 0 Å². The lowest BCUT2D eigenvalue weighted by Gasteiger charge is -0.457. The van der Waals surface area contributed by atoms with Gasteiger partial charge in [0.2, 0.25) is 0 Å². The van der Waals surface area contributed by atoms with E-state index in [-0.39, 0.29) is 54.8 Å². The van der Waals surface area contributed by atoms with Crippen molar-refractivity contribution in [2.45, 2.75) is 0 Å². The van der Waals surface area contributed by atoms with E-state index < -0.39 is 0 Å². The minimum absolute atomic E-state index is 0. The van der Waals surface area contributed by atoms with Gasteiger partial charge in [0.15, 0.2) is 0 Å². The molecule has 10 nitrogen and oxygen atoms in total. The van der Waals surface area contributed by atoms with E-state index in [1.54, 1.807) is 0 Å². The summed E-state index contributed by atoms with van der Waals surface area (Å²) >= 11 is 0. The number of hydrogen-bond donors (Lipinski definition) is 0. The maximum absolute atomic E-state index is 0. The highest BCUT2D eigenvalue weighted by molar-refractivity contribution is 0.832. The van der Waals surface area contributed by atoms with Gasteiger partial charge in [-0.15, -0.1) is 0 Å². The molecule has 21 N–H and O–H groups in total. The Balaban J connectivity index is 0. The molecular weight excluding hydrogens is 160 g/mol. The minimum Gasteiger partial charge on any atom is -0.457 e. The van der Waals surface area contributed by atoms with Gasteiger partial charge in [-0.05, 0) is 0 Å². The third kappa shape index (κ3) is 2070. The van der Waals surface area contributed by atoms with Crippen molar-refractivity contribution in [3.05, 3.63) is 0 Å². The quantitative estimate of drug-likeness (QED) is 0.314. The lowest BCUT2D eigenvalue weighted by molar-refractivity contribution is 0.686. The Hall–Kier alpha value is -0.400. The van der Waals surface area contributed by atoms with Gasteiger partial charge in [-0.2, -0.15) is 0 Å². The summed E-state index contributed by atoms with van der Waals surface area (Å²) in [4.78, 5) is 0. The van der Waals surface area contributed by atoms with Crippen LogP contribution in [-0.4, -0.2) is 49.3 Å². The molecule has 0 spiro atoms. The summed E-state index contributed by atoms with van der Waals surface area (Å²) in [5, 5.41) is 0. The van der Waals surface area contributed by atoms with E-state index in [0.29, 0.717) is 0 Å². The number of rotatable bonds is 0. The molecule has 0 saturated heterocycles. The van der Waals surface area contributed by atoms with Crippen LogP contribution < -0.4 is 0 Å². The van der Waals surface area contributed by atoms with Crippen molar-refractivity contribution in [1.82, 2.24) is 0 Å². The van der Waals surface area contributed by atoms with E-state index in [0.717, 1.165) is 0 Å². The van der Waals surface area contributed by atoms with Crippen LogP contribution in [0.2, 0.25) is 0 Å². The van der Waals surface area contributed by atoms with Gasteiger partial charge in [0, 0.05) is 0 Å². The molecular formula is H21O10+. The first kappa shape index (κ1) is 4440. The van der Waals surface area contributed by atoms with Gasteiger partial charge in [-0.25, -0.2) is 0 Å². The van der Waals surface area contributed by atoms with Crippen LogP contribution in [0.3, 0.4) is 0 Å². The van der Waals surface area contributed by atoms with Crippen LogP contribution in [0, 0.1) is 0 Å². The summed E-state index contributed by atoms with van der Waals surface area (Å²) in [7, 11) is 0. The highest BCUT2D eigenvalue weighted by atomic mass is 16.0. The molecule has 0 amide bonds. The summed E-state index contributed by atoms with van der Waals surface area (Å²) in [5.41, 5.74) is 0. The van der Waals surface area contributed by atoms with E-state index in [9.17, 15) is 0 Å². The van der Waals surface area contributed by atoms with Gasteiger partial charge < -0.3 is 54.8 Å². The molecule has 80 valence electrons. The van der Waals surface area contributed by atoms with Crippen LogP contribution in [0.1, 0.15) is 0 Å². The highest BCUT2D eigenvalue weighted by Gasteiger charge is -0.403. The third-order valence-corrected chi connectivity index (χ3v) is 0. The Morgan fingerprint density at radius 1 is 0.200 bits per heavy atom. The summed E-state index contributed by atoms with van der Waals surface area (Å²) in [6, 6.07) is 0. The molecule has 0 saturated carbocycles. The summed E-state index contributed by atoms with van der Waals surface area (Å²) in [6.45, 7) is 0. The van der Waals surface area contributed by atoms with Crippen molar-refractivity contribution in [2.75, 3.05) is 0 Å². The zero-order valence-electron chi connectivity index (χ0n) is 5.08. The predicted molar refractivity (Wildman–Crippen MR) is 37.4 cm³/mol. The van der Waals surface area contributed by atoms with Crippen molar-refractivity contribution in [3.63, 3.8) is 0 Å². The Morgan fingerprint density at radius 2 is 0.200 bits per heavy atom. The molecule has 0 rings (SSSR count). The first-order chi connectivity index (χ1) is 0. The normalized spacial score (nSPS) is 0. The second-order valence-corrected chi connectivity index (χ2v) is 0. The molecule has 0 aromatic rings. The molecule has 0 aliphatic carbocycles. The highest BCUT2D eigenvalue weighted by Crippen LogP contribution is -0.119. The van der Waals surface area contributed by atoms with Crippen molar-refractivity contribution < 1.29 is 54.8 Å².